The lowest BCUT2D eigenvalue weighted by Crippen LogP contribution is -2.36. The number of amides is 2. The van der Waals surface area contributed by atoms with E-state index in [9.17, 15) is 9.59 Å². The highest BCUT2D eigenvalue weighted by Crippen LogP contribution is 2.42. The Hall–Kier alpha value is -4.70. The number of hydrogen-bond acceptors (Lipinski definition) is 7. The Balaban J connectivity index is 1.08. The number of benzene rings is 3. The van der Waals surface area contributed by atoms with Crippen molar-refractivity contribution in [2.75, 3.05) is 45.7 Å². The van der Waals surface area contributed by atoms with E-state index in [1.54, 1.807) is 25.4 Å². The third-order valence-corrected chi connectivity index (χ3v) is 8.65. The molecule has 2 heterocycles. The molecule has 9 nitrogen and oxygen atoms in total. The molecule has 10 heteroatoms. The molecule has 2 N–H and O–H groups in total. The van der Waals surface area contributed by atoms with Gasteiger partial charge in [-0.2, -0.15) is 0 Å². The van der Waals surface area contributed by atoms with Gasteiger partial charge in [-0.05, 0) is 73.9 Å². The molecule has 0 radical (unpaired) electrons. The summed E-state index contributed by atoms with van der Waals surface area (Å²) in [5, 5.41) is 5.63. The van der Waals surface area contributed by atoms with Crippen molar-refractivity contribution < 1.29 is 28.2 Å². The predicted octanol–water partition coefficient (Wildman–Crippen LogP) is 5.44. The van der Waals surface area contributed by atoms with E-state index < -0.39 is 17.6 Å². The van der Waals surface area contributed by atoms with Gasteiger partial charge in [-0.15, -0.1) is 0 Å². The van der Waals surface area contributed by atoms with Crippen molar-refractivity contribution in [1.29, 1.82) is 0 Å². The van der Waals surface area contributed by atoms with E-state index in [2.05, 4.69) is 27.6 Å². The fraction of sp³-hybridized carbons (Fsp3) is 0.343. The fourth-order valence-corrected chi connectivity index (χ4v) is 6.51. The summed E-state index contributed by atoms with van der Waals surface area (Å²) >= 11 is 0. The van der Waals surface area contributed by atoms with E-state index in [0.717, 1.165) is 36.6 Å². The number of fused-ring (bicyclic) bond motifs is 2. The van der Waals surface area contributed by atoms with Crippen molar-refractivity contribution in [2.24, 2.45) is 17.8 Å². The highest BCUT2D eigenvalue weighted by atomic mass is 19.1. The minimum atomic E-state index is -0.884. The standard InChI is InChI=1S/C35H37FN4O5/c1-40-19-24-14-23(15-25(24)20-40)21-44-33-18-29-27(17-32(33)43-2)30(11-13-37-29)45-31-9-8-26(16-28(31)36)39-35(42)34(41)38-12-10-22-6-4-3-5-7-22/h3-9,11,13,16-18,23-25H,10,12,14-15,19-21H2,1-2H3,(H,38,41)(H,39,42)/t23?,24-,25?/m1/s1. The van der Waals surface area contributed by atoms with Gasteiger partial charge in [-0.3, -0.25) is 14.6 Å². The highest BCUT2D eigenvalue weighted by molar-refractivity contribution is 6.39. The van der Waals surface area contributed by atoms with Crippen molar-refractivity contribution in [3.63, 3.8) is 0 Å². The van der Waals surface area contributed by atoms with Gasteiger partial charge in [0.15, 0.2) is 23.1 Å². The second-order valence-electron chi connectivity index (χ2n) is 11.9. The first-order valence-electron chi connectivity index (χ1n) is 15.2. The predicted molar refractivity (Wildman–Crippen MR) is 169 cm³/mol. The topological polar surface area (TPSA) is 102 Å². The molecule has 0 spiro atoms. The quantitative estimate of drug-likeness (QED) is 0.230. The summed E-state index contributed by atoms with van der Waals surface area (Å²) in [6.07, 6.45) is 4.53. The van der Waals surface area contributed by atoms with Gasteiger partial charge in [0.05, 0.1) is 19.2 Å². The summed E-state index contributed by atoms with van der Waals surface area (Å²) in [5.74, 6) is 1.11. The van der Waals surface area contributed by atoms with E-state index in [1.165, 1.54) is 25.0 Å². The lowest BCUT2D eigenvalue weighted by molar-refractivity contribution is -0.136. The van der Waals surface area contributed by atoms with Gasteiger partial charge >= 0.3 is 11.8 Å². The molecule has 45 heavy (non-hydrogen) atoms. The smallest absolute Gasteiger partial charge is 0.313 e. The van der Waals surface area contributed by atoms with Crippen LogP contribution in [0.25, 0.3) is 10.9 Å². The number of carbonyl (C=O) groups excluding carboxylic acids is 2. The highest BCUT2D eigenvalue weighted by Gasteiger charge is 2.39. The molecule has 6 rings (SSSR count). The van der Waals surface area contributed by atoms with Crippen LogP contribution in [0.4, 0.5) is 10.1 Å². The van der Waals surface area contributed by atoms with Crippen LogP contribution in [0.3, 0.4) is 0 Å². The molecule has 1 saturated heterocycles. The number of rotatable bonds is 10. The SMILES string of the molecule is COc1cc2c(Oc3ccc(NC(=O)C(=O)NCCc4ccccc4)cc3F)ccnc2cc1OCC1CC2CN(C)C[C@H]2C1. The number of nitrogens with zero attached hydrogens (tertiary/aromatic N) is 2. The third kappa shape index (κ3) is 7.17. The first kappa shape index (κ1) is 30.3. The normalized spacial score (nSPS) is 19.2. The molecule has 2 fully saturated rings. The Morgan fingerprint density at radius 1 is 0.933 bits per heavy atom. The lowest BCUT2D eigenvalue weighted by atomic mass is 10.0. The summed E-state index contributed by atoms with van der Waals surface area (Å²) in [7, 11) is 3.77. The van der Waals surface area contributed by atoms with E-state index >= 15 is 4.39 Å². The van der Waals surface area contributed by atoms with Crippen LogP contribution in [0.2, 0.25) is 0 Å². The van der Waals surface area contributed by atoms with Crippen molar-refractivity contribution in [2.45, 2.75) is 19.3 Å². The lowest BCUT2D eigenvalue weighted by Gasteiger charge is -2.18. The Kier molecular flexibility index (Phi) is 9.11. The maximum absolute atomic E-state index is 15.1. The van der Waals surface area contributed by atoms with Crippen LogP contribution in [-0.4, -0.2) is 62.1 Å². The van der Waals surface area contributed by atoms with Gasteiger partial charge in [0, 0.05) is 49.0 Å². The Bertz CT molecular complexity index is 1670. The number of pyridine rings is 1. The van der Waals surface area contributed by atoms with E-state index in [4.69, 9.17) is 14.2 Å². The zero-order chi connectivity index (χ0) is 31.3. The monoisotopic (exact) mass is 612 g/mol. The van der Waals surface area contributed by atoms with Crippen LogP contribution < -0.4 is 24.8 Å². The van der Waals surface area contributed by atoms with Gasteiger partial charge < -0.3 is 29.7 Å². The number of ether oxygens (including phenoxy) is 3. The maximum atomic E-state index is 15.1. The number of carbonyl (C=O) groups is 2. The number of aromatic nitrogens is 1. The fourth-order valence-electron chi connectivity index (χ4n) is 6.51. The van der Waals surface area contributed by atoms with Crippen LogP contribution in [0, 0.1) is 23.6 Å². The zero-order valence-corrected chi connectivity index (χ0v) is 25.4. The molecule has 3 atom stereocenters. The largest absolute Gasteiger partial charge is 0.493 e. The number of halogens is 1. The minimum Gasteiger partial charge on any atom is -0.493 e. The number of nitrogens with one attached hydrogen (secondary N) is 2. The summed E-state index contributed by atoms with van der Waals surface area (Å²) in [4.78, 5) is 31.5. The number of likely N-dealkylation sites (tertiary alicyclic amines) is 1. The van der Waals surface area contributed by atoms with Crippen molar-refractivity contribution in [1.82, 2.24) is 15.2 Å². The maximum Gasteiger partial charge on any atom is 0.313 e. The van der Waals surface area contributed by atoms with Crippen molar-refractivity contribution in [3.8, 4) is 23.0 Å². The van der Waals surface area contributed by atoms with Crippen LogP contribution in [0.15, 0.2) is 72.9 Å². The van der Waals surface area contributed by atoms with Crippen LogP contribution >= 0.6 is 0 Å². The van der Waals surface area contributed by atoms with Gasteiger partial charge in [-0.25, -0.2) is 4.39 Å². The molecule has 4 aromatic rings. The average molecular weight is 613 g/mol. The van der Waals surface area contributed by atoms with E-state index in [-0.39, 0.29) is 11.4 Å². The van der Waals surface area contributed by atoms with Gasteiger partial charge in [-0.1, -0.05) is 30.3 Å². The first-order valence-corrected chi connectivity index (χ1v) is 15.2. The molecule has 1 saturated carbocycles. The molecular weight excluding hydrogens is 575 g/mol. The van der Waals surface area contributed by atoms with Gasteiger partial charge in [0.1, 0.15) is 5.75 Å². The molecule has 234 valence electrons. The van der Waals surface area contributed by atoms with Crippen LogP contribution in [0.5, 0.6) is 23.0 Å². The molecule has 1 aromatic heterocycles. The molecular formula is C35H37FN4O5. The zero-order valence-electron chi connectivity index (χ0n) is 25.4. The minimum absolute atomic E-state index is 0.0514. The van der Waals surface area contributed by atoms with E-state index in [1.807, 2.05) is 36.4 Å². The Morgan fingerprint density at radius 2 is 1.71 bits per heavy atom. The van der Waals surface area contributed by atoms with Crippen LogP contribution in [-0.2, 0) is 16.0 Å². The molecule has 2 unspecified atom stereocenters. The molecule has 2 amide bonds. The summed E-state index contributed by atoms with van der Waals surface area (Å²) < 4.78 is 32.9. The summed E-state index contributed by atoms with van der Waals surface area (Å²) in [6, 6.07) is 18.8. The number of methoxy groups -OCH3 is 1. The van der Waals surface area contributed by atoms with Gasteiger partial charge in [0.2, 0.25) is 0 Å². The average Bonchev–Trinajstić information content (AvgIpc) is 3.58. The Labute approximate surface area is 261 Å². The summed E-state index contributed by atoms with van der Waals surface area (Å²) in [5.41, 5.74) is 1.79. The second kappa shape index (κ2) is 13.5. The Morgan fingerprint density at radius 3 is 2.44 bits per heavy atom. The first-order chi connectivity index (χ1) is 21.9. The molecule has 1 aliphatic carbocycles. The molecule has 0 bridgehead atoms. The van der Waals surface area contributed by atoms with E-state index in [0.29, 0.717) is 53.6 Å². The molecule has 1 aliphatic heterocycles. The van der Waals surface area contributed by atoms with Crippen LogP contribution in [0.1, 0.15) is 18.4 Å². The second-order valence-corrected chi connectivity index (χ2v) is 11.9. The van der Waals surface area contributed by atoms with Crippen molar-refractivity contribution >= 4 is 28.4 Å². The van der Waals surface area contributed by atoms with Crippen molar-refractivity contribution in [3.05, 3.63) is 84.3 Å². The molecule has 2 aliphatic rings. The van der Waals surface area contributed by atoms with Gasteiger partial charge in [0.25, 0.3) is 0 Å². The number of hydrogen-bond donors (Lipinski definition) is 2. The summed E-state index contributed by atoms with van der Waals surface area (Å²) in [6.45, 7) is 3.25. The molecule has 3 aromatic carbocycles. The number of anilines is 1. The third-order valence-electron chi connectivity index (χ3n) is 8.65.